The number of alkyl halides is 1. The van der Waals surface area contributed by atoms with Gasteiger partial charge in [0.05, 0.1) is 11.1 Å². The number of aliphatic imine (C=N–C) groups is 2. The average Bonchev–Trinajstić information content (AvgIpc) is 3.52. The Labute approximate surface area is 310 Å². The molecule has 1 unspecified atom stereocenters. The Hall–Kier alpha value is -5.83. The van der Waals surface area contributed by atoms with E-state index in [1.807, 2.05) is 6.07 Å². The SMILES string of the molecule is CC[C@H]1C(c2ccccc2)=NC(c2cc(-c3ccccc3)cc(-c3cccc(C4(c5ccccc5)c5ccccc5-c5ccccc54)c3)c2)=NC1Cl. The van der Waals surface area contributed by atoms with Gasteiger partial charge in [0.15, 0.2) is 5.84 Å². The lowest BCUT2D eigenvalue weighted by atomic mass is 9.67. The molecule has 0 radical (unpaired) electrons. The van der Waals surface area contributed by atoms with Crippen molar-refractivity contribution in [2.45, 2.75) is 24.3 Å². The van der Waals surface area contributed by atoms with Crippen LogP contribution in [0.25, 0.3) is 33.4 Å². The van der Waals surface area contributed by atoms with Gasteiger partial charge in [-0.05, 0) is 91.9 Å². The molecule has 9 rings (SSSR count). The third kappa shape index (κ3) is 5.34. The lowest BCUT2D eigenvalue weighted by molar-refractivity contribution is 0.628. The molecule has 0 N–H and O–H groups in total. The molecule has 0 aromatic heterocycles. The van der Waals surface area contributed by atoms with E-state index in [0.717, 1.165) is 45.5 Å². The first-order valence-corrected chi connectivity index (χ1v) is 18.5. The van der Waals surface area contributed by atoms with Gasteiger partial charge in [-0.1, -0.05) is 176 Å². The Morgan fingerprint density at radius 2 is 0.981 bits per heavy atom. The van der Waals surface area contributed by atoms with Gasteiger partial charge in [-0.25, -0.2) is 9.98 Å². The van der Waals surface area contributed by atoms with Crippen LogP contribution in [-0.2, 0) is 5.41 Å². The van der Waals surface area contributed by atoms with E-state index >= 15 is 0 Å². The molecular formula is C49H37ClN2. The van der Waals surface area contributed by atoms with Crippen LogP contribution in [0, 0.1) is 5.92 Å². The van der Waals surface area contributed by atoms with E-state index in [9.17, 15) is 0 Å². The molecule has 1 aliphatic heterocycles. The summed E-state index contributed by atoms with van der Waals surface area (Å²) >= 11 is 7.07. The monoisotopic (exact) mass is 688 g/mol. The van der Waals surface area contributed by atoms with Gasteiger partial charge in [-0.3, -0.25) is 0 Å². The lowest BCUT2D eigenvalue weighted by Crippen LogP contribution is -2.29. The van der Waals surface area contributed by atoms with Crippen LogP contribution < -0.4 is 0 Å². The summed E-state index contributed by atoms with van der Waals surface area (Å²) in [6.07, 6.45) is 0.857. The van der Waals surface area contributed by atoms with Gasteiger partial charge in [-0.2, -0.15) is 0 Å². The topological polar surface area (TPSA) is 24.7 Å². The van der Waals surface area contributed by atoms with E-state index in [1.165, 1.54) is 33.4 Å². The van der Waals surface area contributed by atoms with Crippen molar-refractivity contribution in [1.29, 1.82) is 0 Å². The first-order valence-electron chi connectivity index (χ1n) is 18.1. The molecule has 0 bridgehead atoms. The quantitative estimate of drug-likeness (QED) is 0.118. The summed E-state index contributed by atoms with van der Waals surface area (Å²) in [6.45, 7) is 2.16. The Morgan fingerprint density at radius 3 is 1.62 bits per heavy atom. The fourth-order valence-corrected chi connectivity index (χ4v) is 8.73. The second kappa shape index (κ2) is 13.4. The fourth-order valence-electron chi connectivity index (χ4n) is 8.34. The van der Waals surface area contributed by atoms with Crippen molar-refractivity contribution in [1.82, 2.24) is 0 Å². The highest BCUT2D eigenvalue weighted by Crippen LogP contribution is 2.56. The van der Waals surface area contributed by atoms with E-state index in [4.69, 9.17) is 21.6 Å². The normalized spacial score (nSPS) is 17.1. The molecule has 0 spiro atoms. The molecule has 2 nitrogen and oxygen atoms in total. The Kier molecular flexibility index (Phi) is 8.26. The van der Waals surface area contributed by atoms with Crippen molar-refractivity contribution in [3.8, 4) is 33.4 Å². The molecule has 250 valence electrons. The van der Waals surface area contributed by atoms with Gasteiger partial charge in [0.1, 0.15) is 5.50 Å². The number of hydrogen-bond donors (Lipinski definition) is 0. The summed E-state index contributed by atoms with van der Waals surface area (Å²) in [5.41, 5.74) is 14.3. The molecule has 7 aromatic carbocycles. The minimum absolute atomic E-state index is 0.0348. The highest BCUT2D eigenvalue weighted by atomic mass is 35.5. The van der Waals surface area contributed by atoms with Crippen LogP contribution in [0.1, 0.15) is 46.7 Å². The molecule has 2 aliphatic rings. The summed E-state index contributed by atoms with van der Waals surface area (Å²) in [7, 11) is 0. The van der Waals surface area contributed by atoms with Crippen molar-refractivity contribution >= 4 is 23.1 Å². The maximum absolute atomic E-state index is 7.07. The van der Waals surface area contributed by atoms with Crippen molar-refractivity contribution in [3.05, 3.63) is 215 Å². The van der Waals surface area contributed by atoms with Crippen LogP contribution in [0.3, 0.4) is 0 Å². The largest absolute Gasteiger partial charge is 0.246 e. The standard InChI is InChI=1S/C49H37ClN2/c1-2-41-46(34-19-8-4-9-20-34)51-48(52-47(41)50)38-30-36(33-17-6-3-7-18-33)29-37(31-38)35-21-16-24-40(32-35)49(39-22-10-5-11-23-39)44-27-14-12-25-42(44)43-26-13-15-28-45(43)49/h3-32,41,47H,2H2,1H3/t41-,47?/m0/s1. The highest BCUT2D eigenvalue weighted by Gasteiger charge is 2.45. The van der Waals surface area contributed by atoms with Gasteiger partial charge in [0.25, 0.3) is 0 Å². The van der Waals surface area contributed by atoms with Crippen LogP contribution in [-0.4, -0.2) is 17.0 Å². The number of fused-ring (bicyclic) bond motifs is 3. The van der Waals surface area contributed by atoms with Crippen LogP contribution in [0.2, 0.25) is 0 Å². The van der Waals surface area contributed by atoms with Crippen molar-refractivity contribution < 1.29 is 0 Å². The van der Waals surface area contributed by atoms with Gasteiger partial charge in [0.2, 0.25) is 0 Å². The maximum atomic E-state index is 7.07. The summed E-state index contributed by atoms with van der Waals surface area (Å²) in [4.78, 5) is 10.3. The summed E-state index contributed by atoms with van der Waals surface area (Å²) in [6, 6.07) is 65.5. The first-order chi connectivity index (χ1) is 25.6. The number of rotatable bonds is 7. The summed E-state index contributed by atoms with van der Waals surface area (Å²) in [5.74, 6) is 0.700. The molecule has 1 aliphatic carbocycles. The van der Waals surface area contributed by atoms with E-state index in [2.05, 4.69) is 183 Å². The minimum atomic E-state index is -0.479. The van der Waals surface area contributed by atoms with Crippen LogP contribution in [0.4, 0.5) is 0 Å². The molecular weight excluding hydrogens is 652 g/mol. The van der Waals surface area contributed by atoms with E-state index in [-0.39, 0.29) is 5.92 Å². The second-order valence-electron chi connectivity index (χ2n) is 13.7. The molecule has 1 heterocycles. The smallest absolute Gasteiger partial charge is 0.156 e. The molecule has 2 atom stereocenters. The first kappa shape index (κ1) is 32.1. The van der Waals surface area contributed by atoms with Gasteiger partial charge < -0.3 is 0 Å². The Bertz CT molecular complexity index is 2420. The zero-order chi connectivity index (χ0) is 35.1. The van der Waals surface area contributed by atoms with Crippen LogP contribution in [0.5, 0.6) is 0 Å². The molecule has 0 saturated heterocycles. The molecule has 0 saturated carbocycles. The number of halogens is 1. The van der Waals surface area contributed by atoms with Crippen LogP contribution >= 0.6 is 11.6 Å². The molecule has 7 aromatic rings. The molecule has 0 fully saturated rings. The lowest BCUT2D eigenvalue weighted by Gasteiger charge is -2.34. The maximum Gasteiger partial charge on any atom is 0.156 e. The zero-order valence-corrected chi connectivity index (χ0v) is 29.7. The van der Waals surface area contributed by atoms with Gasteiger partial charge >= 0.3 is 0 Å². The molecule has 3 heteroatoms. The third-order valence-electron chi connectivity index (χ3n) is 10.8. The zero-order valence-electron chi connectivity index (χ0n) is 29.0. The highest BCUT2D eigenvalue weighted by molar-refractivity contribution is 6.27. The second-order valence-corrected chi connectivity index (χ2v) is 14.1. The third-order valence-corrected chi connectivity index (χ3v) is 11.2. The predicted molar refractivity (Wildman–Crippen MR) is 218 cm³/mol. The van der Waals surface area contributed by atoms with E-state index in [0.29, 0.717) is 5.84 Å². The minimum Gasteiger partial charge on any atom is -0.246 e. The summed E-state index contributed by atoms with van der Waals surface area (Å²) in [5, 5.41) is 0. The van der Waals surface area contributed by atoms with Crippen molar-refractivity contribution in [2.24, 2.45) is 15.9 Å². The molecule has 0 amide bonds. The van der Waals surface area contributed by atoms with Crippen LogP contribution in [0.15, 0.2) is 192 Å². The molecule has 52 heavy (non-hydrogen) atoms. The average molecular weight is 689 g/mol. The van der Waals surface area contributed by atoms with Crippen molar-refractivity contribution in [2.75, 3.05) is 0 Å². The van der Waals surface area contributed by atoms with E-state index < -0.39 is 10.9 Å². The summed E-state index contributed by atoms with van der Waals surface area (Å²) < 4.78 is 0. The number of benzene rings is 7. The van der Waals surface area contributed by atoms with Crippen molar-refractivity contribution in [3.63, 3.8) is 0 Å². The van der Waals surface area contributed by atoms with E-state index in [1.54, 1.807) is 0 Å². The number of nitrogens with zero attached hydrogens (tertiary/aromatic N) is 2. The van der Waals surface area contributed by atoms with Gasteiger partial charge in [0, 0.05) is 11.5 Å². The Balaban J connectivity index is 1.25. The predicted octanol–water partition coefficient (Wildman–Crippen LogP) is 12.2. The van der Waals surface area contributed by atoms with Gasteiger partial charge in [-0.15, -0.1) is 0 Å². The number of amidine groups is 1. The number of hydrogen-bond acceptors (Lipinski definition) is 2. The fraction of sp³-hybridized carbons (Fsp3) is 0.102. The Morgan fingerprint density at radius 1 is 0.481 bits per heavy atom.